The van der Waals surface area contributed by atoms with E-state index in [9.17, 15) is 13.2 Å². The summed E-state index contributed by atoms with van der Waals surface area (Å²) in [6.45, 7) is 1.81. The summed E-state index contributed by atoms with van der Waals surface area (Å²) in [6, 6.07) is 18.2. The molecule has 0 fully saturated rings. The number of nitrogens with zero attached hydrogens (tertiary/aromatic N) is 2. The SMILES string of the molecule is C[C@H](CCc1ccccc1)NS(=O)(=O)c1nnc(NC(=O)c2ccccc2)s1. The summed E-state index contributed by atoms with van der Waals surface area (Å²) in [6.07, 6.45) is 1.42. The summed E-state index contributed by atoms with van der Waals surface area (Å²) in [4.78, 5) is 12.1. The van der Waals surface area contributed by atoms with E-state index in [1.54, 1.807) is 37.3 Å². The van der Waals surface area contributed by atoms with Crippen molar-refractivity contribution in [2.45, 2.75) is 30.1 Å². The number of anilines is 1. The van der Waals surface area contributed by atoms with Crippen molar-refractivity contribution in [2.75, 3.05) is 5.32 Å². The number of benzene rings is 2. The Hall–Kier alpha value is -2.62. The van der Waals surface area contributed by atoms with Gasteiger partial charge in [-0.15, -0.1) is 10.2 Å². The summed E-state index contributed by atoms with van der Waals surface area (Å²) in [7, 11) is -3.80. The van der Waals surface area contributed by atoms with Crippen LogP contribution in [-0.4, -0.2) is 30.6 Å². The van der Waals surface area contributed by atoms with Crippen LogP contribution >= 0.6 is 11.3 Å². The predicted molar refractivity (Wildman–Crippen MR) is 109 cm³/mol. The lowest BCUT2D eigenvalue weighted by Gasteiger charge is -2.12. The molecule has 0 radical (unpaired) electrons. The third kappa shape index (κ3) is 5.44. The van der Waals surface area contributed by atoms with E-state index in [0.29, 0.717) is 12.0 Å². The Morgan fingerprint density at radius 2 is 1.68 bits per heavy atom. The van der Waals surface area contributed by atoms with Crippen molar-refractivity contribution >= 4 is 32.4 Å². The molecule has 1 amide bonds. The molecular weight excluding hydrogens is 396 g/mol. The maximum atomic E-state index is 12.5. The normalized spacial score (nSPS) is 12.5. The predicted octanol–water partition coefficient (Wildman–Crippen LogP) is 3.09. The lowest BCUT2D eigenvalue weighted by atomic mass is 10.1. The Bertz CT molecular complexity index is 1020. The molecule has 28 heavy (non-hydrogen) atoms. The minimum absolute atomic E-state index is 0.131. The van der Waals surface area contributed by atoms with Crippen LogP contribution in [-0.2, 0) is 16.4 Å². The van der Waals surface area contributed by atoms with Gasteiger partial charge in [-0.1, -0.05) is 59.9 Å². The number of hydrogen-bond acceptors (Lipinski definition) is 6. The van der Waals surface area contributed by atoms with Gasteiger partial charge >= 0.3 is 0 Å². The van der Waals surface area contributed by atoms with Crippen molar-refractivity contribution in [1.29, 1.82) is 0 Å². The Kier molecular flexibility index (Phi) is 6.50. The van der Waals surface area contributed by atoms with Crippen molar-refractivity contribution < 1.29 is 13.2 Å². The standard InChI is InChI=1S/C19H20N4O3S2/c1-14(12-13-15-8-4-2-5-9-15)23-28(25,26)19-22-21-18(27-19)20-17(24)16-10-6-3-7-11-16/h2-11,14,23H,12-13H2,1H3,(H,20,21,24)/t14-/m1/s1. The molecule has 146 valence electrons. The minimum atomic E-state index is -3.80. The highest BCUT2D eigenvalue weighted by molar-refractivity contribution is 7.91. The van der Waals surface area contributed by atoms with Crippen molar-refractivity contribution in [2.24, 2.45) is 0 Å². The largest absolute Gasteiger partial charge is 0.296 e. The zero-order valence-corrected chi connectivity index (χ0v) is 16.8. The maximum absolute atomic E-state index is 12.5. The van der Waals surface area contributed by atoms with Gasteiger partial charge in [0.1, 0.15) is 0 Å². The Labute approximate surface area is 167 Å². The number of aryl methyl sites for hydroxylation is 1. The summed E-state index contributed by atoms with van der Waals surface area (Å²) in [5.41, 5.74) is 1.60. The van der Waals surface area contributed by atoms with Gasteiger partial charge < -0.3 is 0 Å². The van der Waals surface area contributed by atoms with E-state index in [4.69, 9.17) is 0 Å². The number of amides is 1. The molecule has 1 heterocycles. The van der Waals surface area contributed by atoms with Crippen LogP contribution in [0, 0.1) is 0 Å². The summed E-state index contributed by atoms with van der Waals surface area (Å²) >= 11 is 0.815. The Morgan fingerprint density at radius 3 is 2.36 bits per heavy atom. The molecule has 1 atom stereocenters. The Balaban J connectivity index is 1.59. The maximum Gasteiger partial charge on any atom is 0.270 e. The summed E-state index contributed by atoms with van der Waals surface area (Å²) in [5.74, 6) is -0.370. The van der Waals surface area contributed by atoms with Gasteiger partial charge in [0.15, 0.2) is 0 Å². The minimum Gasteiger partial charge on any atom is -0.296 e. The molecule has 9 heteroatoms. The fraction of sp³-hybridized carbons (Fsp3) is 0.211. The third-order valence-electron chi connectivity index (χ3n) is 3.96. The average Bonchev–Trinajstić information content (AvgIpc) is 3.17. The molecule has 0 unspecified atom stereocenters. The quantitative estimate of drug-likeness (QED) is 0.550. The average molecular weight is 417 g/mol. The van der Waals surface area contributed by atoms with E-state index < -0.39 is 10.0 Å². The van der Waals surface area contributed by atoms with Crippen LogP contribution in [0.2, 0.25) is 0 Å². The smallest absolute Gasteiger partial charge is 0.270 e. The second kappa shape index (κ2) is 9.05. The second-order valence-corrected chi connectivity index (χ2v) is 9.11. The lowest BCUT2D eigenvalue weighted by Crippen LogP contribution is -2.32. The van der Waals surface area contributed by atoms with E-state index in [0.717, 1.165) is 23.3 Å². The number of carbonyl (C=O) groups excluding carboxylic acids is 1. The lowest BCUT2D eigenvalue weighted by molar-refractivity contribution is 0.102. The highest BCUT2D eigenvalue weighted by Gasteiger charge is 2.23. The molecular formula is C19H20N4O3S2. The first-order valence-corrected chi connectivity index (χ1v) is 11.0. The van der Waals surface area contributed by atoms with E-state index in [-0.39, 0.29) is 21.4 Å². The van der Waals surface area contributed by atoms with Gasteiger partial charge in [-0.3, -0.25) is 10.1 Å². The third-order valence-corrected chi connectivity index (χ3v) is 6.75. The van der Waals surface area contributed by atoms with Crippen LogP contribution in [0.1, 0.15) is 29.3 Å². The highest BCUT2D eigenvalue weighted by atomic mass is 32.2. The van der Waals surface area contributed by atoms with Crippen LogP contribution in [0.4, 0.5) is 5.13 Å². The molecule has 0 bridgehead atoms. The Morgan fingerprint density at radius 1 is 1.04 bits per heavy atom. The van der Waals surface area contributed by atoms with Crippen molar-refractivity contribution in [3.05, 3.63) is 71.8 Å². The van der Waals surface area contributed by atoms with Crippen LogP contribution in [0.5, 0.6) is 0 Å². The van der Waals surface area contributed by atoms with E-state index in [1.807, 2.05) is 30.3 Å². The molecule has 0 saturated heterocycles. The van der Waals surface area contributed by atoms with E-state index in [2.05, 4.69) is 20.2 Å². The first kappa shape index (κ1) is 20.1. The fourth-order valence-corrected chi connectivity index (χ4v) is 4.72. The van der Waals surface area contributed by atoms with Crippen molar-refractivity contribution in [1.82, 2.24) is 14.9 Å². The van der Waals surface area contributed by atoms with E-state index in [1.165, 1.54) is 0 Å². The number of sulfonamides is 1. The fourth-order valence-electron chi connectivity index (χ4n) is 2.53. The number of aromatic nitrogens is 2. The van der Waals surface area contributed by atoms with Gasteiger partial charge in [-0.2, -0.15) is 0 Å². The second-order valence-electron chi connectivity index (χ2n) is 6.24. The monoisotopic (exact) mass is 416 g/mol. The van der Waals surface area contributed by atoms with Gasteiger partial charge in [0, 0.05) is 11.6 Å². The van der Waals surface area contributed by atoms with E-state index >= 15 is 0 Å². The molecule has 0 aliphatic heterocycles. The van der Waals surface area contributed by atoms with Crippen LogP contribution in [0.15, 0.2) is 65.0 Å². The molecule has 3 aromatic rings. The van der Waals surface area contributed by atoms with Gasteiger partial charge in [-0.05, 0) is 37.5 Å². The van der Waals surface area contributed by atoms with Crippen LogP contribution in [0.25, 0.3) is 0 Å². The molecule has 0 aliphatic carbocycles. The first-order valence-electron chi connectivity index (χ1n) is 8.70. The van der Waals surface area contributed by atoms with Gasteiger partial charge in [0.05, 0.1) is 0 Å². The molecule has 2 aromatic carbocycles. The van der Waals surface area contributed by atoms with Gasteiger partial charge in [-0.25, -0.2) is 13.1 Å². The molecule has 7 nitrogen and oxygen atoms in total. The van der Waals surface area contributed by atoms with Gasteiger partial charge in [0.2, 0.25) is 9.47 Å². The zero-order chi connectivity index (χ0) is 20.0. The molecule has 2 N–H and O–H groups in total. The topological polar surface area (TPSA) is 101 Å². The number of nitrogens with one attached hydrogen (secondary N) is 2. The highest BCUT2D eigenvalue weighted by Crippen LogP contribution is 2.21. The first-order chi connectivity index (χ1) is 13.4. The molecule has 0 saturated carbocycles. The summed E-state index contributed by atoms with van der Waals surface area (Å²) < 4.78 is 27.4. The molecule has 1 aromatic heterocycles. The number of carbonyl (C=O) groups is 1. The number of hydrogen-bond donors (Lipinski definition) is 2. The van der Waals surface area contributed by atoms with Crippen molar-refractivity contribution in [3.63, 3.8) is 0 Å². The van der Waals surface area contributed by atoms with Crippen molar-refractivity contribution in [3.8, 4) is 0 Å². The molecule has 3 rings (SSSR count). The van der Waals surface area contributed by atoms with Gasteiger partial charge in [0.25, 0.3) is 15.9 Å². The molecule has 0 spiro atoms. The number of rotatable bonds is 8. The zero-order valence-electron chi connectivity index (χ0n) is 15.2. The van der Waals surface area contributed by atoms with Crippen LogP contribution in [0.3, 0.4) is 0 Å². The summed E-state index contributed by atoms with van der Waals surface area (Å²) in [5, 5.41) is 10.2. The molecule has 0 aliphatic rings. The van der Waals surface area contributed by atoms with Crippen LogP contribution < -0.4 is 10.0 Å².